The molecule has 1 aliphatic heterocycles. The van der Waals surface area contributed by atoms with Gasteiger partial charge >= 0.3 is 0 Å². The predicted molar refractivity (Wildman–Crippen MR) is 79.7 cm³/mol. The van der Waals surface area contributed by atoms with Gasteiger partial charge in [-0.15, -0.1) is 0 Å². The number of halogens is 1. The molecule has 0 aliphatic carbocycles. The maximum Gasteiger partial charge on any atom is 0.222 e. The molecule has 122 valence electrons. The van der Waals surface area contributed by atoms with Gasteiger partial charge in [-0.2, -0.15) is 0 Å². The van der Waals surface area contributed by atoms with E-state index in [1.165, 1.54) is 24.0 Å². The highest BCUT2D eigenvalue weighted by Crippen LogP contribution is 2.41. The molecule has 22 heavy (non-hydrogen) atoms. The molecule has 0 bridgehead atoms. The molecule has 1 saturated heterocycles. The van der Waals surface area contributed by atoms with Crippen LogP contribution >= 0.6 is 0 Å². The molecule has 2 atom stereocenters. The fourth-order valence-electron chi connectivity index (χ4n) is 2.94. The highest BCUT2D eigenvalue weighted by Gasteiger charge is 2.49. The Bertz CT molecular complexity index is 669. The van der Waals surface area contributed by atoms with Crippen LogP contribution in [-0.2, 0) is 19.4 Å². The molecule has 7 heteroatoms. The number of ether oxygens (including phenoxy) is 1. The molecule has 0 aromatic heterocycles. The first-order chi connectivity index (χ1) is 10.1. The molecule has 1 fully saturated rings. The second-order valence-electron chi connectivity index (χ2n) is 5.94. The number of hydrogen-bond acceptors (Lipinski definition) is 4. The van der Waals surface area contributed by atoms with Crippen molar-refractivity contribution >= 4 is 15.7 Å². The van der Waals surface area contributed by atoms with Crippen molar-refractivity contribution in [1.82, 2.24) is 4.90 Å². The van der Waals surface area contributed by atoms with Crippen LogP contribution in [0.5, 0.6) is 0 Å². The van der Waals surface area contributed by atoms with E-state index in [0.717, 1.165) is 6.26 Å². The lowest BCUT2D eigenvalue weighted by Crippen LogP contribution is -2.47. The molecule has 5 nitrogen and oxygen atoms in total. The number of rotatable bonds is 3. The number of benzene rings is 1. The molecule has 1 aromatic carbocycles. The Hall–Kier alpha value is -1.47. The Morgan fingerprint density at radius 2 is 1.86 bits per heavy atom. The lowest BCUT2D eigenvalue weighted by molar-refractivity contribution is -0.145. The summed E-state index contributed by atoms with van der Waals surface area (Å²) in [7, 11) is -3.29. The first-order valence-electron chi connectivity index (χ1n) is 6.91. The van der Waals surface area contributed by atoms with Crippen molar-refractivity contribution in [1.29, 1.82) is 0 Å². The second-order valence-corrected chi connectivity index (χ2v) is 7.95. The van der Waals surface area contributed by atoms with Gasteiger partial charge in [-0.1, -0.05) is 12.1 Å². The van der Waals surface area contributed by atoms with Crippen LogP contribution in [0.2, 0.25) is 0 Å². The van der Waals surface area contributed by atoms with Crippen LogP contribution in [0, 0.1) is 0 Å². The van der Waals surface area contributed by atoms with Crippen molar-refractivity contribution in [3.63, 3.8) is 0 Å². The molecule has 2 unspecified atom stereocenters. The van der Waals surface area contributed by atoms with Gasteiger partial charge in [0, 0.05) is 13.2 Å². The molecule has 0 radical (unpaired) electrons. The number of amides is 1. The van der Waals surface area contributed by atoms with Gasteiger partial charge in [0.25, 0.3) is 0 Å². The molecule has 1 heterocycles. The third-order valence-electron chi connectivity index (χ3n) is 3.81. The molecule has 2 rings (SSSR count). The van der Waals surface area contributed by atoms with Crippen molar-refractivity contribution < 1.29 is 22.3 Å². The van der Waals surface area contributed by atoms with E-state index in [1.54, 1.807) is 26.0 Å². The Balaban J connectivity index is 2.38. The molecule has 1 amide bonds. The van der Waals surface area contributed by atoms with Gasteiger partial charge in [0.1, 0.15) is 18.5 Å². The molecule has 0 spiro atoms. The number of carbonyl (C=O) groups is 1. The van der Waals surface area contributed by atoms with Crippen LogP contribution in [0.4, 0.5) is 4.39 Å². The van der Waals surface area contributed by atoms with E-state index in [1.807, 2.05) is 0 Å². The highest BCUT2D eigenvalue weighted by molar-refractivity contribution is 7.90. The number of alkyl halides is 1. The average Bonchev–Trinajstić information content (AvgIpc) is 2.69. The van der Waals surface area contributed by atoms with Gasteiger partial charge in [0.2, 0.25) is 5.91 Å². The van der Waals surface area contributed by atoms with Crippen LogP contribution in [0.3, 0.4) is 0 Å². The molecule has 0 saturated carbocycles. The summed E-state index contributed by atoms with van der Waals surface area (Å²) in [6.07, 6.45) is 0.497. The van der Waals surface area contributed by atoms with Crippen LogP contribution in [0.15, 0.2) is 29.2 Å². The van der Waals surface area contributed by atoms with E-state index in [-0.39, 0.29) is 10.8 Å². The number of hydrogen-bond donors (Lipinski definition) is 0. The lowest BCUT2D eigenvalue weighted by atomic mass is 10.0. The monoisotopic (exact) mass is 329 g/mol. The Kier molecular flexibility index (Phi) is 4.32. The third-order valence-corrected chi connectivity index (χ3v) is 4.94. The normalized spacial score (nSPS) is 24.5. The third kappa shape index (κ3) is 3.01. The van der Waals surface area contributed by atoms with Crippen molar-refractivity contribution in [3.05, 3.63) is 29.8 Å². The Morgan fingerprint density at radius 3 is 2.27 bits per heavy atom. The topological polar surface area (TPSA) is 63.7 Å². The van der Waals surface area contributed by atoms with Crippen molar-refractivity contribution in [3.8, 4) is 0 Å². The summed E-state index contributed by atoms with van der Waals surface area (Å²) >= 11 is 0. The van der Waals surface area contributed by atoms with Crippen LogP contribution in [0.1, 0.15) is 32.4 Å². The minimum absolute atomic E-state index is 0.189. The van der Waals surface area contributed by atoms with Crippen molar-refractivity contribution in [2.24, 2.45) is 0 Å². The second kappa shape index (κ2) is 5.62. The van der Waals surface area contributed by atoms with Gasteiger partial charge in [0.15, 0.2) is 9.84 Å². The summed E-state index contributed by atoms with van der Waals surface area (Å²) in [5.41, 5.74) is -0.269. The summed E-state index contributed by atoms with van der Waals surface area (Å²) in [5.74, 6) is -0.261. The van der Waals surface area contributed by atoms with Crippen LogP contribution in [-0.4, -0.2) is 43.9 Å². The largest absolute Gasteiger partial charge is 0.346 e. The fraction of sp³-hybridized carbons (Fsp3) is 0.533. The smallest absolute Gasteiger partial charge is 0.222 e. The zero-order chi connectivity index (χ0) is 16.7. The molecule has 1 aromatic rings. The number of nitrogens with zero attached hydrogens (tertiary/aromatic N) is 1. The van der Waals surface area contributed by atoms with Gasteiger partial charge < -0.3 is 9.64 Å². The standard InChI is InChI=1S/C15H20FNO4S/c1-10(18)17-13(9-16)14(21-15(17,2)3)11-5-7-12(8-6-11)22(4,19)20/h5-8,13-14H,9H2,1-4H3. The quantitative estimate of drug-likeness (QED) is 0.852. The van der Waals surface area contributed by atoms with Crippen LogP contribution in [0.25, 0.3) is 0 Å². The minimum Gasteiger partial charge on any atom is -0.346 e. The Morgan fingerprint density at radius 1 is 1.32 bits per heavy atom. The summed E-state index contributed by atoms with van der Waals surface area (Å²) < 4.78 is 42.3. The summed E-state index contributed by atoms with van der Waals surface area (Å²) in [6.45, 7) is 4.06. The lowest BCUT2D eigenvalue weighted by Gasteiger charge is -2.31. The van der Waals surface area contributed by atoms with Gasteiger partial charge in [-0.3, -0.25) is 4.79 Å². The maximum atomic E-state index is 13.5. The van der Waals surface area contributed by atoms with E-state index in [4.69, 9.17) is 4.74 Å². The summed E-state index contributed by atoms with van der Waals surface area (Å²) in [6, 6.07) is 5.41. The van der Waals surface area contributed by atoms with Gasteiger partial charge in [0.05, 0.1) is 10.9 Å². The van der Waals surface area contributed by atoms with E-state index >= 15 is 0 Å². The first-order valence-corrected chi connectivity index (χ1v) is 8.81. The van der Waals surface area contributed by atoms with E-state index < -0.39 is 34.4 Å². The number of carbonyl (C=O) groups excluding carboxylic acids is 1. The summed E-state index contributed by atoms with van der Waals surface area (Å²) in [4.78, 5) is 13.4. The molecular weight excluding hydrogens is 309 g/mol. The highest BCUT2D eigenvalue weighted by atomic mass is 32.2. The van der Waals surface area contributed by atoms with Crippen LogP contribution < -0.4 is 0 Å². The zero-order valence-electron chi connectivity index (χ0n) is 13.0. The number of sulfone groups is 1. The minimum atomic E-state index is -3.29. The van der Waals surface area contributed by atoms with E-state index in [0.29, 0.717) is 5.56 Å². The first kappa shape index (κ1) is 16.9. The molecular formula is C15H20FNO4S. The Labute approximate surface area is 130 Å². The van der Waals surface area contributed by atoms with Crippen molar-refractivity contribution in [2.75, 3.05) is 12.9 Å². The average molecular weight is 329 g/mol. The SMILES string of the molecule is CC(=O)N1C(CF)C(c2ccc(S(C)(=O)=O)cc2)OC1(C)C. The fourth-order valence-corrected chi connectivity index (χ4v) is 3.57. The van der Waals surface area contributed by atoms with Gasteiger partial charge in [-0.25, -0.2) is 12.8 Å². The van der Waals surface area contributed by atoms with Crippen molar-refractivity contribution in [2.45, 2.75) is 43.5 Å². The van der Waals surface area contributed by atoms with E-state index in [2.05, 4.69) is 0 Å². The molecule has 0 N–H and O–H groups in total. The van der Waals surface area contributed by atoms with Gasteiger partial charge in [-0.05, 0) is 31.5 Å². The maximum absolute atomic E-state index is 13.5. The van der Waals surface area contributed by atoms with E-state index in [9.17, 15) is 17.6 Å². The summed E-state index contributed by atoms with van der Waals surface area (Å²) in [5, 5.41) is 0. The zero-order valence-corrected chi connectivity index (χ0v) is 13.9. The molecule has 1 aliphatic rings. The predicted octanol–water partition coefficient (Wildman–Crippen LogP) is 2.08.